The summed E-state index contributed by atoms with van der Waals surface area (Å²) < 4.78 is 32.6. The molecular formula is C34H43FN6O5. The SMILES string of the molecule is CCN(C(=O)c1cc(F)ccc1Oc1cncnc1N1CCC(Oc2ccnc3c2CCN(C(=O)OC(C)(C)C)C3)CC1)C(C)C. The first-order valence-electron chi connectivity index (χ1n) is 15.9. The Hall–Kier alpha value is -4.48. The molecule has 0 saturated carbocycles. The molecule has 246 valence electrons. The lowest BCUT2D eigenvalue weighted by Gasteiger charge is -2.35. The molecule has 0 spiro atoms. The molecule has 46 heavy (non-hydrogen) atoms. The maximum Gasteiger partial charge on any atom is 0.410 e. The van der Waals surface area contributed by atoms with Gasteiger partial charge in [-0.3, -0.25) is 9.78 Å². The van der Waals surface area contributed by atoms with Gasteiger partial charge in [0.25, 0.3) is 5.91 Å². The summed E-state index contributed by atoms with van der Waals surface area (Å²) in [7, 11) is 0. The largest absolute Gasteiger partial charge is 0.490 e. The van der Waals surface area contributed by atoms with Crippen molar-refractivity contribution in [3.63, 3.8) is 0 Å². The molecule has 2 aliphatic rings. The van der Waals surface area contributed by atoms with Crippen molar-refractivity contribution in [3.05, 3.63) is 65.6 Å². The molecule has 5 rings (SSSR count). The van der Waals surface area contributed by atoms with Gasteiger partial charge >= 0.3 is 6.09 Å². The lowest BCUT2D eigenvalue weighted by Crippen LogP contribution is -2.41. The van der Waals surface area contributed by atoms with E-state index in [0.717, 1.165) is 29.8 Å². The van der Waals surface area contributed by atoms with Crippen LogP contribution >= 0.6 is 0 Å². The second-order valence-electron chi connectivity index (χ2n) is 12.8. The molecule has 0 aliphatic carbocycles. The summed E-state index contributed by atoms with van der Waals surface area (Å²) in [6.45, 7) is 14.0. The first-order chi connectivity index (χ1) is 21.9. The lowest BCUT2D eigenvalue weighted by atomic mass is 10.0. The van der Waals surface area contributed by atoms with E-state index >= 15 is 0 Å². The summed E-state index contributed by atoms with van der Waals surface area (Å²) >= 11 is 0. The molecule has 1 saturated heterocycles. The fraction of sp³-hybridized carbons (Fsp3) is 0.500. The number of nitrogens with zero attached hydrogens (tertiary/aromatic N) is 6. The van der Waals surface area contributed by atoms with Crippen LogP contribution in [-0.2, 0) is 17.7 Å². The number of hydrogen-bond acceptors (Lipinski definition) is 9. The van der Waals surface area contributed by atoms with E-state index in [1.807, 2.05) is 47.6 Å². The van der Waals surface area contributed by atoms with Crippen LogP contribution in [0, 0.1) is 5.82 Å². The number of anilines is 1. The first-order valence-corrected chi connectivity index (χ1v) is 15.9. The number of carbonyl (C=O) groups excluding carboxylic acids is 2. The molecule has 2 aromatic heterocycles. The van der Waals surface area contributed by atoms with E-state index in [1.165, 1.54) is 24.5 Å². The van der Waals surface area contributed by atoms with Crippen LogP contribution in [0.5, 0.6) is 17.2 Å². The molecule has 12 heteroatoms. The summed E-state index contributed by atoms with van der Waals surface area (Å²) in [5.41, 5.74) is 1.44. The minimum Gasteiger partial charge on any atom is -0.490 e. The second kappa shape index (κ2) is 13.9. The molecular weight excluding hydrogens is 591 g/mol. The number of ether oxygens (including phenoxy) is 3. The summed E-state index contributed by atoms with van der Waals surface area (Å²) in [4.78, 5) is 44.6. The van der Waals surface area contributed by atoms with E-state index in [4.69, 9.17) is 14.2 Å². The highest BCUT2D eigenvalue weighted by Gasteiger charge is 2.30. The van der Waals surface area contributed by atoms with Gasteiger partial charge < -0.3 is 28.9 Å². The number of carbonyl (C=O) groups is 2. The van der Waals surface area contributed by atoms with Gasteiger partial charge in [-0.25, -0.2) is 19.2 Å². The van der Waals surface area contributed by atoms with Gasteiger partial charge in [0.2, 0.25) is 0 Å². The van der Waals surface area contributed by atoms with Crippen molar-refractivity contribution in [1.82, 2.24) is 24.8 Å². The van der Waals surface area contributed by atoms with Gasteiger partial charge in [-0.2, -0.15) is 0 Å². The molecule has 0 N–H and O–H groups in total. The van der Waals surface area contributed by atoms with Crippen LogP contribution in [0.1, 0.15) is 76.0 Å². The van der Waals surface area contributed by atoms with E-state index in [9.17, 15) is 14.0 Å². The molecule has 0 atom stereocenters. The topological polar surface area (TPSA) is 110 Å². The van der Waals surface area contributed by atoms with Gasteiger partial charge in [-0.1, -0.05) is 0 Å². The smallest absolute Gasteiger partial charge is 0.410 e. The van der Waals surface area contributed by atoms with Crippen LogP contribution in [0.2, 0.25) is 0 Å². The Labute approximate surface area is 269 Å². The van der Waals surface area contributed by atoms with Crippen LogP contribution in [0.25, 0.3) is 0 Å². The zero-order valence-electron chi connectivity index (χ0n) is 27.5. The van der Waals surface area contributed by atoms with Crippen LogP contribution in [0.4, 0.5) is 15.0 Å². The van der Waals surface area contributed by atoms with E-state index in [0.29, 0.717) is 50.7 Å². The summed E-state index contributed by atoms with van der Waals surface area (Å²) in [5.74, 6) is 1.20. The molecule has 2 amide bonds. The third-order valence-corrected chi connectivity index (χ3v) is 8.04. The van der Waals surface area contributed by atoms with E-state index < -0.39 is 11.4 Å². The Bertz CT molecular complexity index is 1550. The van der Waals surface area contributed by atoms with Crippen molar-refractivity contribution in [3.8, 4) is 17.2 Å². The van der Waals surface area contributed by atoms with Gasteiger partial charge in [0.1, 0.15) is 35.3 Å². The summed E-state index contributed by atoms with van der Waals surface area (Å²) in [6.07, 6.45) is 6.51. The average Bonchev–Trinajstić information content (AvgIpc) is 3.02. The third-order valence-electron chi connectivity index (χ3n) is 8.04. The van der Waals surface area contributed by atoms with Gasteiger partial charge in [0.05, 0.1) is 24.0 Å². The Morgan fingerprint density at radius 3 is 2.52 bits per heavy atom. The molecule has 0 bridgehead atoms. The van der Waals surface area contributed by atoms with Crippen molar-refractivity contribution in [2.45, 2.75) is 85.1 Å². The van der Waals surface area contributed by atoms with Crippen LogP contribution < -0.4 is 14.4 Å². The van der Waals surface area contributed by atoms with Crippen molar-refractivity contribution in [2.75, 3.05) is 31.1 Å². The van der Waals surface area contributed by atoms with E-state index in [-0.39, 0.29) is 35.5 Å². The van der Waals surface area contributed by atoms with Crippen molar-refractivity contribution in [2.24, 2.45) is 0 Å². The molecule has 1 aromatic carbocycles. The average molecular weight is 635 g/mol. The quantitative estimate of drug-likeness (QED) is 0.294. The highest BCUT2D eigenvalue weighted by atomic mass is 19.1. The van der Waals surface area contributed by atoms with Gasteiger partial charge in [-0.05, 0) is 72.2 Å². The van der Waals surface area contributed by atoms with Crippen molar-refractivity contribution < 1.29 is 28.2 Å². The van der Waals surface area contributed by atoms with Gasteiger partial charge in [0, 0.05) is 56.8 Å². The van der Waals surface area contributed by atoms with Crippen molar-refractivity contribution >= 4 is 17.8 Å². The number of benzene rings is 1. The Kier molecular flexibility index (Phi) is 9.93. The second-order valence-corrected chi connectivity index (χ2v) is 12.8. The number of fused-ring (bicyclic) bond motifs is 1. The monoisotopic (exact) mass is 634 g/mol. The molecule has 11 nitrogen and oxygen atoms in total. The molecule has 0 radical (unpaired) electrons. The van der Waals surface area contributed by atoms with Gasteiger partial charge in [0.15, 0.2) is 11.6 Å². The Balaban J connectivity index is 1.25. The van der Waals surface area contributed by atoms with Gasteiger partial charge in [-0.15, -0.1) is 0 Å². The molecule has 4 heterocycles. The number of pyridine rings is 1. The highest BCUT2D eigenvalue weighted by molar-refractivity contribution is 5.97. The number of rotatable bonds is 8. The minimum absolute atomic E-state index is 0.0183. The normalized spacial score (nSPS) is 15.4. The number of amides is 2. The predicted molar refractivity (Wildman–Crippen MR) is 171 cm³/mol. The molecule has 1 fully saturated rings. The minimum atomic E-state index is -0.559. The third kappa shape index (κ3) is 7.66. The Morgan fingerprint density at radius 1 is 1.07 bits per heavy atom. The number of hydrogen-bond donors (Lipinski definition) is 0. The van der Waals surface area contributed by atoms with Crippen LogP contribution in [-0.4, -0.2) is 80.7 Å². The zero-order chi connectivity index (χ0) is 33.0. The number of piperidine rings is 1. The Morgan fingerprint density at radius 2 is 1.83 bits per heavy atom. The highest BCUT2D eigenvalue weighted by Crippen LogP contribution is 2.35. The van der Waals surface area contributed by atoms with E-state index in [2.05, 4.69) is 19.9 Å². The molecule has 0 unspecified atom stereocenters. The predicted octanol–water partition coefficient (Wildman–Crippen LogP) is 6.01. The zero-order valence-corrected chi connectivity index (χ0v) is 27.5. The van der Waals surface area contributed by atoms with Crippen molar-refractivity contribution in [1.29, 1.82) is 0 Å². The standard InChI is InChI=1S/C34H43FN6O5/c1-7-41(22(2)3)32(42)26-18-23(35)8-9-28(26)45-30-19-36-21-38-31(30)39-15-11-24(12-16-39)44-29-10-14-37-27-20-40(17-13-25(27)29)33(43)46-34(4,5)6/h8-10,14,18-19,21-22,24H,7,11-13,15-17,20H2,1-6H3. The van der Waals surface area contributed by atoms with E-state index in [1.54, 1.807) is 22.2 Å². The molecule has 3 aromatic rings. The number of halogens is 1. The number of aromatic nitrogens is 3. The van der Waals surface area contributed by atoms with Crippen LogP contribution in [0.15, 0.2) is 43.0 Å². The maximum atomic E-state index is 14.3. The maximum absolute atomic E-state index is 14.3. The summed E-state index contributed by atoms with van der Waals surface area (Å²) in [5, 5.41) is 0. The summed E-state index contributed by atoms with van der Waals surface area (Å²) in [6, 6.07) is 5.79. The first kappa shape index (κ1) is 32.9. The fourth-order valence-electron chi connectivity index (χ4n) is 5.78. The van der Waals surface area contributed by atoms with Crippen LogP contribution in [0.3, 0.4) is 0 Å². The molecule has 2 aliphatic heterocycles. The lowest BCUT2D eigenvalue weighted by molar-refractivity contribution is 0.0218. The fourth-order valence-corrected chi connectivity index (χ4v) is 5.78.